The van der Waals surface area contributed by atoms with E-state index in [4.69, 9.17) is 4.74 Å². The SMILES string of the molecule is COc1ccc(Cn2c(C)c(C)cc(C(=O)N(C)c3ccccc3)c2=O)cc1. The molecule has 0 unspecified atom stereocenters. The summed E-state index contributed by atoms with van der Waals surface area (Å²) in [6.07, 6.45) is 0. The highest BCUT2D eigenvalue weighted by Gasteiger charge is 2.20. The number of hydrogen-bond acceptors (Lipinski definition) is 3. The van der Waals surface area contributed by atoms with Gasteiger partial charge in [0.15, 0.2) is 0 Å². The van der Waals surface area contributed by atoms with Crippen molar-refractivity contribution in [3.05, 3.63) is 93.4 Å². The molecule has 0 saturated heterocycles. The van der Waals surface area contributed by atoms with Gasteiger partial charge in [-0.2, -0.15) is 0 Å². The molecule has 5 nitrogen and oxygen atoms in total. The van der Waals surface area contributed by atoms with E-state index in [9.17, 15) is 9.59 Å². The molecule has 0 fully saturated rings. The van der Waals surface area contributed by atoms with Crippen LogP contribution in [0.3, 0.4) is 0 Å². The summed E-state index contributed by atoms with van der Waals surface area (Å²) >= 11 is 0. The molecule has 1 amide bonds. The summed E-state index contributed by atoms with van der Waals surface area (Å²) in [4.78, 5) is 27.7. The molecule has 0 N–H and O–H groups in total. The number of amides is 1. The number of benzene rings is 2. The first-order chi connectivity index (χ1) is 13.4. The summed E-state index contributed by atoms with van der Waals surface area (Å²) in [6, 6.07) is 18.5. The summed E-state index contributed by atoms with van der Waals surface area (Å²) in [7, 11) is 3.30. The number of rotatable bonds is 5. The first-order valence-electron chi connectivity index (χ1n) is 9.09. The molecule has 0 bridgehead atoms. The van der Waals surface area contributed by atoms with Crippen LogP contribution < -0.4 is 15.2 Å². The van der Waals surface area contributed by atoms with Crippen LogP contribution in [0.1, 0.15) is 27.2 Å². The zero-order valence-electron chi connectivity index (χ0n) is 16.6. The van der Waals surface area contributed by atoms with Gasteiger partial charge in [0, 0.05) is 18.4 Å². The maximum Gasteiger partial charge on any atom is 0.263 e. The molecule has 2 aromatic carbocycles. The third-order valence-corrected chi connectivity index (χ3v) is 4.99. The molecule has 0 saturated carbocycles. The molecule has 3 rings (SSSR count). The zero-order valence-corrected chi connectivity index (χ0v) is 16.6. The van der Waals surface area contributed by atoms with Crippen molar-refractivity contribution < 1.29 is 9.53 Å². The number of aromatic nitrogens is 1. The van der Waals surface area contributed by atoms with Gasteiger partial charge in [0.25, 0.3) is 11.5 Å². The first-order valence-corrected chi connectivity index (χ1v) is 9.09. The first kappa shape index (κ1) is 19.4. The van der Waals surface area contributed by atoms with Gasteiger partial charge in [0.1, 0.15) is 11.3 Å². The molecule has 3 aromatic rings. The molecule has 144 valence electrons. The van der Waals surface area contributed by atoms with Gasteiger partial charge in [0.2, 0.25) is 0 Å². The second-order valence-corrected chi connectivity index (χ2v) is 6.77. The van der Waals surface area contributed by atoms with Crippen LogP contribution in [0.5, 0.6) is 5.75 Å². The van der Waals surface area contributed by atoms with Crippen molar-refractivity contribution in [2.75, 3.05) is 19.1 Å². The molecule has 0 atom stereocenters. The third kappa shape index (κ3) is 3.83. The lowest BCUT2D eigenvalue weighted by atomic mass is 10.1. The largest absolute Gasteiger partial charge is 0.497 e. The van der Waals surface area contributed by atoms with Crippen LogP contribution in [0, 0.1) is 13.8 Å². The van der Waals surface area contributed by atoms with Gasteiger partial charge >= 0.3 is 0 Å². The molecule has 1 heterocycles. The predicted molar refractivity (Wildman–Crippen MR) is 111 cm³/mol. The Balaban J connectivity index is 1.99. The minimum atomic E-state index is -0.317. The highest BCUT2D eigenvalue weighted by molar-refractivity contribution is 6.05. The van der Waals surface area contributed by atoms with Crippen molar-refractivity contribution in [1.82, 2.24) is 4.57 Å². The Morgan fingerprint density at radius 1 is 1.04 bits per heavy atom. The summed E-state index contributed by atoms with van der Waals surface area (Å²) in [5.41, 5.74) is 3.34. The fourth-order valence-electron chi connectivity index (χ4n) is 3.10. The molecule has 0 spiro atoms. The number of carbonyl (C=O) groups is 1. The van der Waals surface area contributed by atoms with Crippen LogP contribution in [0.4, 0.5) is 5.69 Å². The molecular formula is C23H24N2O3. The van der Waals surface area contributed by atoms with E-state index in [2.05, 4.69) is 0 Å². The van der Waals surface area contributed by atoms with Gasteiger partial charge in [-0.3, -0.25) is 9.59 Å². The third-order valence-electron chi connectivity index (χ3n) is 4.99. The number of carbonyl (C=O) groups excluding carboxylic acids is 1. The minimum absolute atomic E-state index is 0.169. The van der Waals surface area contributed by atoms with Crippen molar-refractivity contribution in [3.8, 4) is 5.75 Å². The quantitative estimate of drug-likeness (QED) is 0.681. The molecule has 1 aromatic heterocycles. The van der Waals surface area contributed by atoms with Gasteiger partial charge in [0.05, 0.1) is 13.7 Å². The van der Waals surface area contributed by atoms with E-state index >= 15 is 0 Å². The Morgan fingerprint density at radius 2 is 1.68 bits per heavy atom. The Morgan fingerprint density at radius 3 is 2.29 bits per heavy atom. The number of methoxy groups -OCH3 is 1. The summed E-state index contributed by atoms with van der Waals surface area (Å²) in [6.45, 7) is 4.21. The van der Waals surface area contributed by atoms with E-state index in [1.54, 1.807) is 24.8 Å². The van der Waals surface area contributed by atoms with Gasteiger partial charge in [-0.1, -0.05) is 30.3 Å². The van der Waals surface area contributed by atoms with Crippen molar-refractivity contribution in [2.24, 2.45) is 0 Å². The van der Waals surface area contributed by atoms with Crippen LogP contribution >= 0.6 is 0 Å². The zero-order chi connectivity index (χ0) is 20.3. The predicted octanol–water partition coefficient (Wildman–Crippen LogP) is 3.80. The van der Waals surface area contributed by atoms with Crippen molar-refractivity contribution >= 4 is 11.6 Å². The van der Waals surface area contributed by atoms with E-state index < -0.39 is 0 Å². The van der Waals surface area contributed by atoms with Gasteiger partial charge in [-0.15, -0.1) is 0 Å². The maximum atomic E-state index is 13.1. The molecule has 0 aliphatic carbocycles. The number of para-hydroxylation sites is 1. The summed E-state index contributed by atoms with van der Waals surface area (Å²) in [5, 5.41) is 0. The highest BCUT2D eigenvalue weighted by Crippen LogP contribution is 2.17. The van der Waals surface area contributed by atoms with E-state index in [0.29, 0.717) is 6.54 Å². The highest BCUT2D eigenvalue weighted by atomic mass is 16.5. The number of ether oxygens (including phenoxy) is 1. The second-order valence-electron chi connectivity index (χ2n) is 6.77. The molecule has 28 heavy (non-hydrogen) atoms. The Bertz CT molecular complexity index is 1040. The number of anilines is 1. The molecule has 0 aliphatic heterocycles. The monoisotopic (exact) mass is 376 g/mol. The average Bonchev–Trinajstić information content (AvgIpc) is 2.73. The lowest BCUT2D eigenvalue weighted by molar-refractivity contribution is 0.0991. The van der Waals surface area contributed by atoms with Crippen LogP contribution in [-0.4, -0.2) is 24.6 Å². The Kier molecular flexibility index (Phi) is 5.64. The standard InChI is InChI=1S/C23H24N2O3/c1-16-14-21(22(26)24(3)19-8-6-5-7-9-19)23(27)25(17(16)2)15-18-10-12-20(28-4)13-11-18/h5-14H,15H2,1-4H3. The summed E-state index contributed by atoms with van der Waals surface area (Å²) in [5.74, 6) is 0.445. The van der Waals surface area contributed by atoms with Crippen LogP contribution in [0.2, 0.25) is 0 Å². The summed E-state index contributed by atoms with van der Waals surface area (Å²) < 4.78 is 6.84. The van der Waals surface area contributed by atoms with Crippen LogP contribution in [-0.2, 0) is 6.54 Å². The molecule has 0 radical (unpaired) electrons. The number of pyridine rings is 1. The Labute approximate surface area is 164 Å². The smallest absolute Gasteiger partial charge is 0.263 e. The van der Waals surface area contributed by atoms with Crippen molar-refractivity contribution in [3.63, 3.8) is 0 Å². The minimum Gasteiger partial charge on any atom is -0.497 e. The van der Waals surface area contributed by atoms with E-state index in [1.165, 1.54) is 4.90 Å². The van der Waals surface area contributed by atoms with E-state index in [0.717, 1.165) is 28.3 Å². The van der Waals surface area contributed by atoms with E-state index in [-0.39, 0.29) is 17.0 Å². The normalized spacial score (nSPS) is 10.6. The average molecular weight is 376 g/mol. The maximum absolute atomic E-state index is 13.1. The lowest BCUT2D eigenvalue weighted by Crippen LogP contribution is -2.35. The fraction of sp³-hybridized carbons (Fsp3) is 0.217. The Hall–Kier alpha value is -3.34. The topological polar surface area (TPSA) is 51.5 Å². The van der Waals surface area contributed by atoms with Gasteiger partial charge in [-0.05, 0) is 55.3 Å². The molecule has 0 aliphatic rings. The van der Waals surface area contributed by atoms with Crippen LogP contribution in [0.15, 0.2) is 65.5 Å². The molecule has 5 heteroatoms. The van der Waals surface area contributed by atoms with Crippen LogP contribution in [0.25, 0.3) is 0 Å². The lowest BCUT2D eigenvalue weighted by Gasteiger charge is -2.19. The van der Waals surface area contributed by atoms with Gasteiger partial charge in [-0.25, -0.2) is 0 Å². The van der Waals surface area contributed by atoms with Gasteiger partial charge < -0.3 is 14.2 Å². The molecular weight excluding hydrogens is 352 g/mol. The van der Waals surface area contributed by atoms with Crippen molar-refractivity contribution in [2.45, 2.75) is 20.4 Å². The van der Waals surface area contributed by atoms with E-state index in [1.807, 2.05) is 68.4 Å². The van der Waals surface area contributed by atoms with Crippen molar-refractivity contribution in [1.29, 1.82) is 0 Å². The number of nitrogens with zero attached hydrogens (tertiary/aromatic N) is 2. The second kappa shape index (κ2) is 8.13. The fourth-order valence-corrected chi connectivity index (χ4v) is 3.10. The number of aryl methyl sites for hydroxylation is 1. The number of hydrogen-bond donors (Lipinski definition) is 0.